The van der Waals surface area contributed by atoms with Crippen LogP contribution in [0.5, 0.6) is 0 Å². The van der Waals surface area contributed by atoms with E-state index >= 15 is 0 Å². The predicted molar refractivity (Wildman–Crippen MR) is 59.4 cm³/mol. The Morgan fingerprint density at radius 1 is 1.36 bits per heavy atom. The fourth-order valence-electron chi connectivity index (χ4n) is 2.00. The standard InChI is InChI=1S/C11H24N2O/c1-2-11-10-14-9-8-13(11)7-5-3-4-6-12/h11H,2-10,12H2,1H3. The van der Waals surface area contributed by atoms with Gasteiger partial charge in [0.1, 0.15) is 0 Å². The number of unbranched alkanes of at least 4 members (excludes halogenated alkanes) is 2. The molecule has 0 aromatic carbocycles. The van der Waals surface area contributed by atoms with E-state index in [9.17, 15) is 0 Å². The molecule has 0 bridgehead atoms. The van der Waals surface area contributed by atoms with Gasteiger partial charge in [0.2, 0.25) is 0 Å². The van der Waals surface area contributed by atoms with Gasteiger partial charge in [0.05, 0.1) is 13.2 Å². The van der Waals surface area contributed by atoms with Gasteiger partial charge in [-0.25, -0.2) is 0 Å². The Morgan fingerprint density at radius 2 is 2.21 bits per heavy atom. The Kier molecular flexibility index (Phi) is 6.15. The van der Waals surface area contributed by atoms with Gasteiger partial charge in [0.15, 0.2) is 0 Å². The largest absolute Gasteiger partial charge is 0.378 e. The molecule has 1 atom stereocenters. The first-order valence-corrected chi connectivity index (χ1v) is 5.90. The van der Waals surface area contributed by atoms with Crippen LogP contribution in [0.3, 0.4) is 0 Å². The molecule has 3 heteroatoms. The first kappa shape index (κ1) is 12.0. The summed E-state index contributed by atoms with van der Waals surface area (Å²) in [7, 11) is 0. The fourth-order valence-corrected chi connectivity index (χ4v) is 2.00. The van der Waals surface area contributed by atoms with Crippen LogP contribution >= 0.6 is 0 Å². The van der Waals surface area contributed by atoms with E-state index in [0.717, 1.165) is 26.3 Å². The lowest BCUT2D eigenvalue weighted by Crippen LogP contribution is -2.45. The summed E-state index contributed by atoms with van der Waals surface area (Å²) >= 11 is 0. The van der Waals surface area contributed by atoms with Crippen LogP contribution in [0.2, 0.25) is 0 Å². The summed E-state index contributed by atoms with van der Waals surface area (Å²) in [5.41, 5.74) is 5.47. The van der Waals surface area contributed by atoms with Crippen LogP contribution in [0.15, 0.2) is 0 Å². The highest BCUT2D eigenvalue weighted by atomic mass is 16.5. The SMILES string of the molecule is CCC1COCCN1CCCCCN. The second-order valence-corrected chi connectivity index (χ2v) is 4.02. The monoisotopic (exact) mass is 200 g/mol. The summed E-state index contributed by atoms with van der Waals surface area (Å²) in [6.07, 6.45) is 4.93. The van der Waals surface area contributed by atoms with Crippen molar-refractivity contribution in [1.82, 2.24) is 4.90 Å². The van der Waals surface area contributed by atoms with Crippen LogP contribution in [0.4, 0.5) is 0 Å². The van der Waals surface area contributed by atoms with Crippen molar-refractivity contribution in [3.63, 3.8) is 0 Å². The van der Waals surface area contributed by atoms with E-state index in [2.05, 4.69) is 11.8 Å². The summed E-state index contributed by atoms with van der Waals surface area (Å²) in [4.78, 5) is 2.57. The first-order valence-electron chi connectivity index (χ1n) is 5.90. The third kappa shape index (κ3) is 3.95. The molecule has 1 rings (SSSR count). The minimum absolute atomic E-state index is 0.654. The van der Waals surface area contributed by atoms with Crippen LogP contribution in [-0.2, 0) is 4.74 Å². The van der Waals surface area contributed by atoms with E-state index in [1.165, 1.54) is 32.2 Å². The number of ether oxygens (including phenoxy) is 1. The second kappa shape index (κ2) is 7.21. The van der Waals surface area contributed by atoms with Gasteiger partial charge in [-0.05, 0) is 32.4 Å². The lowest BCUT2D eigenvalue weighted by Gasteiger charge is -2.35. The zero-order valence-electron chi connectivity index (χ0n) is 9.37. The van der Waals surface area contributed by atoms with Gasteiger partial charge in [-0.1, -0.05) is 13.3 Å². The lowest BCUT2D eigenvalue weighted by molar-refractivity contribution is -0.00914. The van der Waals surface area contributed by atoms with Gasteiger partial charge < -0.3 is 10.5 Å². The molecule has 1 heterocycles. The van der Waals surface area contributed by atoms with Gasteiger partial charge in [0.25, 0.3) is 0 Å². The van der Waals surface area contributed by atoms with Gasteiger partial charge in [-0.2, -0.15) is 0 Å². The Labute approximate surface area is 87.6 Å². The van der Waals surface area contributed by atoms with Crippen LogP contribution in [0.1, 0.15) is 32.6 Å². The molecule has 0 aliphatic carbocycles. The Bertz CT molecular complexity index is 141. The van der Waals surface area contributed by atoms with Gasteiger partial charge >= 0.3 is 0 Å². The van der Waals surface area contributed by atoms with E-state index in [-0.39, 0.29) is 0 Å². The van der Waals surface area contributed by atoms with Crippen LogP contribution in [0.25, 0.3) is 0 Å². The summed E-state index contributed by atoms with van der Waals surface area (Å²) in [6, 6.07) is 0.654. The van der Waals surface area contributed by atoms with E-state index in [0.29, 0.717) is 6.04 Å². The molecule has 0 aromatic rings. The van der Waals surface area contributed by atoms with Crippen LogP contribution in [-0.4, -0.2) is 43.8 Å². The minimum atomic E-state index is 0.654. The lowest BCUT2D eigenvalue weighted by atomic mass is 10.1. The predicted octanol–water partition coefficient (Wildman–Crippen LogP) is 1.23. The molecular weight excluding hydrogens is 176 g/mol. The molecule has 0 spiro atoms. The Balaban J connectivity index is 2.13. The highest BCUT2D eigenvalue weighted by molar-refractivity contribution is 4.73. The molecule has 14 heavy (non-hydrogen) atoms. The topological polar surface area (TPSA) is 38.5 Å². The highest BCUT2D eigenvalue weighted by Crippen LogP contribution is 2.11. The number of hydrogen-bond acceptors (Lipinski definition) is 3. The highest BCUT2D eigenvalue weighted by Gasteiger charge is 2.20. The molecule has 84 valence electrons. The third-order valence-electron chi connectivity index (χ3n) is 2.97. The van der Waals surface area contributed by atoms with Crippen molar-refractivity contribution in [3.8, 4) is 0 Å². The van der Waals surface area contributed by atoms with Gasteiger partial charge in [-0.3, -0.25) is 4.90 Å². The first-order chi connectivity index (χ1) is 6.88. The molecular formula is C11H24N2O. The van der Waals surface area contributed by atoms with E-state index in [4.69, 9.17) is 10.5 Å². The summed E-state index contributed by atoms with van der Waals surface area (Å²) < 4.78 is 5.47. The fraction of sp³-hybridized carbons (Fsp3) is 1.00. The van der Waals surface area contributed by atoms with Crippen LogP contribution < -0.4 is 5.73 Å². The molecule has 2 N–H and O–H groups in total. The quantitative estimate of drug-likeness (QED) is 0.655. The summed E-state index contributed by atoms with van der Waals surface area (Å²) in [5.74, 6) is 0. The Morgan fingerprint density at radius 3 is 2.93 bits per heavy atom. The molecule has 1 unspecified atom stereocenters. The van der Waals surface area contributed by atoms with E-state index in [1.54, 1.807) is 0 Å². The normalized spacial score (nSPS) is 24.0. The van der Waals surface area contributed by atoms with Crippen molar-refractivity contribution < 1.29 is 4.74 Å². The molecule has 1 aliphatic heterocycles. The third-order valence-corrected chi connectivity index (χ3v) is 2.97. The zero-order chi connectivity index (χ0) is 10.2. The number of morpholine rings is 1. The molecule has 0 saturated carbocycles. The summed E-state index contributed by atoms with van der Waals surface area (Å²) in [6.45, 7) is 7.25. The average molecular weight is 200 g/mol. The maximum Gasteiger partial charge on any atom is 0.0622 e. The number of hydrogen-bond donors (Lipinski definition) is 1. The van der Waals surface area contributed by atoms with E-state index in [1.807, 2.05) is 0 Å². The van der Waals surface area contributed by atoms with E-state index < -0.39 is 0 Å². The maximum absolute atomic E-state index is 5.47. The van der Waals surface area contributed by atoms with Crippen LogP contribution in [0, 0.1) is 0 Å². The minimum Gasteiger partial charge on any atom is -0.378 e. The van der Waals surface area contributed by atoms with Crippen molar-refractivity contribution in [2.75, 3.05) is 32.8 Å². The van der Waals surface area contributed by atoms with Crippen molar-refractivity contribution in [2.45, 2.75) is 38.6 Å². The second-order valence-electron chi connectivity index (χ2n) is 4.02. The summed E-state index contributed by atoms with van der Waals surface area (Å²) in [5, 5.41) is 0. The maximum atomic E-state index is 5.47. The molecule has 1 fully saturated rings. The average Bonchev–Trinajstić information content (AvgIpc) is 2.25. The van der Waals surface area contributed by atoms with Crippen molar-refractivity contribution in [1.29, 1.82) is 0 Å². The number of nitrogens with zero attached hydrogens (tertiary/aromatic N) is 1. The van der Waals surface area contributed by atoms with Crippen molar-refractivity contribution in [3.05, 3.63) is 0 Å². The van der Waals surface area contributed by atoms with Crippen molar-refractivity contribution in [2.24, 2.45) is 5.73 Å². The molecule has 0 radical (unpaired) electrons. The molecule has 3 nitrogen and oxygen atoms in total. The molecule has 1 saturated heterocycles. The van der Waals surface area contributed by atoms with Gasteiger partial charge in [0, 0.05) is 12.6 Å². The Hall–Kier alpha value is -0.120. The number of rotatable bonds is 6. The molecule has 1 aliphatic rings. The number of nitrogens with two attached hydrogens (primary N) is 1. The smallest absolute Gasteiger partial charge is 0.0622 e. The molecule has 0 aromatic heterocycles. The van der Waals surface area contributed by atoms with Crippen molar-refractivity contribution >= 4 is 0 Å². The molecule has 0 amide bonds. The van der Waals surface area contributed by atoms with Gasteiger partial charge in [-0.15, -0.1) is 0 Å². The zero-order valence-corrected chi connectivity index (χ0v) is 9.37.